The van der Waals surface area contributed by atoms with Gasteiger partial charge in [-0.05, 0) is 54.3 Å². The van der Waals surface area contributed by atoms with E-state index in [0.717, 1.165) is 37.2 Å². The van der Waals surface area contributed by atoms with Crippen molar-refractivity contribution in [3.8, 4) is 5.75 Å². The number of amides is 2. The Morgan fingerprint density at radius 1 is 1.15 bits per heavy atom. The lowest BCUT2D eigenvalue weighted by Gasteiger charge is -2.32. The lowest BCUT2D eigenvalue weighted by molar-refractivity contribution is 0.180. The molecule has 3 rings (SSSR count). The SMILES string of the molecule is COc1ccccc1C1CCN(C(=O)NCc2ccc(SC)cc2)CC1. The topological polar surface area (TPSA) is 41.6 Å². The fraction of sp³-hybridized carbons (Fsp3) is 0.381. The van der Waals surface area contributed by atoms with Gasteiger partial charge in [0.05, 0.1) is 7.11 Å². The van der Waals surface area contributed by atoms with Gasteiger partial charge < -0.3 is 15.0 Å². The number of nitrogens with zero attached hydrogens (tertiary/aromatic N) is 1. The molecule has 4 nitrogen and oxygen atoms in total. The first kappa shape index (κ1) is 18.6. The van der Waals surface area contributed by atoms with Gasteiger partial charge in [-0.15, -0.1) is 11.8 Å². The lowest BCUT2D eigenvalue weighted by Crippen LogP contribution is -2.43. The zero-order valence-corrected chi connectivity index (χ0v) is 16.2. The quantitative estimate of drug-likeness (QED) is 0.788. The zero-order valence-electron chi connectivity index (χ0n) is 15.4. The van der Waals surface area contributed by atoms with E-state index in [0.29, 0.717) is 12.5 Å². The number of thioether (sulfide) groups is 1. The molecule has 0 bridgehead atoms. The number of nitrogens with one attached hydrogen (secondary N) is 1. The molecule has 0 spiro atoms. The monoisotopic (exact) mass is 370 g/mol. The van der Waals surface area contributed by atoms with Gasteiger partial charge in [0, 0.05) is 24.5 Å². The van der Waals surface area contributed by atoms with Gasteiger partial charge >= 0.3 is 6.03 Å². The number of benzene rings is 2. The van der Waals surface area contributed by atoms with Crippen LogP contribution in [0.4, 0.5) is 4.79 Å². The van der Waals surface area contributed by atoms with Crippen LogP contribution >= 0.6 is 11.8 Å². The van der Waals surface area contributed by atoms with E-state index < -0.39 is 0 Å². The summed E-state index contributed by atoms with van der Waals surface area (Å²) < 4.78 is 5.48. The van der Waals surface area contributed by atoms with Crippen molar-refractivity contribution in [2.24, 2.45) is 0 Å². The Morgan fingerprint density at radius 2 is 1.85 bits per heavy atom. The second kappa shape index (κ2) is 8.99. The second-order valence-corrected chi connectivity index (χ2v) is 7.39. The Balaban J connectivity index is 1.50. The summed E-state index contributed by atoms with van der Waals surface area (Å²) in [5.41, 5.74) is 2.38. The molecule has 1 fully saturated rings. The van der Waals surface area contributed by atoms with Gasteiger partial charge in [0.1, 0.15) is 5.75 Å². The maximum atomic E-state index is 12.4. The number of hydrogen-bond acceptors (Lipinski definition) is 3. The van der Waals surface area contributed by atoms with Gasteiger partial charge in [-0.25, -0.2) is 4.79 Å². The maximum absolute atomic E-state index is 12.4. The normalized spacial score (nSPS) is 14.9. The molecule has 138 valence electrons. The lowest BCUT2D eigenvalue weighted by atomic mass is 9.89. The molecule has 5 heteroatoms. The van der Waals surface area contributed by atoms with Gasteiger partial charge in [0.2, 0.25) is 0 Å². The van der Waals surface area contributed by atoms with E-state index in [1.165, 1.54) is 10.5 Å². The summed E-state index contributed by atoms with van der Waals surface area (Å²) in [5.74, 6) is 1.40. The summed E-state index contributed by atoms with van der Waals surface area (Å²) >= 11 is 1.72. The molecule has 26 heavy (non-hydrogen) atoms. The van der Waals surface area contributed by atoms with Gasteiger partial charge in [0.15, 0.2) is 0 Å². The summed E-state index contributed by atoms with van der Waals surface area (Å²) in [7, 11) is 1.72. The number of ether oxygens (including phenoxy) is 1. The molecule has 0 saturated carbocycles. The Morgan fingerprint density at radius 3 is 2.50 bits per heavy atom. The predicted molar refractivity (Wildman–Crippen MR) is 107 cm³/mol. The van der Waals surface area contributed by atoms with Gasteiger partial charge in [0.25, 0.3) is 0 Å². The average Bonchev–Trinajstić information content (AvgIpc) is 2.72. The minimum absolute atomic E-state index is 0.0254. The number of para-hydroxylation sites is 1. The Labute approximate surface area is 159 Å². The van der Waals surface area contributed by atoms with Crippen LogP contribution in [-0.2, 0) is 6.54 Å². The molecular formula is C21H26N2O2S. The predicted octanol–water partition coefficient (Wildman–Crippen LogP) is 4.51. The Hall–Kier alpha value is -2.14. The van der Waals surface area contributed by atoms with Crippen molar-refractivity contribution < 1.29 is 9.53 Å². The molecule has 1 saturated heterocycles. The molecule has 0 aromatic heterocycles. The van der Waals surface area contributed by atoms with Crippen molar-refractivity contribution in [1.82, 2.24) is 10.2 Å². The van der Waals surface area contributed by atoms with E-state index in [2.05, 4.69) is 48.0 Å². The maximum Gasteiger partial charge on any atom is 0.317 e. The van der Waals surface area contributed by atoms with Crippen molar-refractivity contribution in [3.05, 3.63) is 59.7 Å². The summed E-state index contributed by atoms with van der Waals surface area (Å²) in [4.78, 5) is 15.6. The minimum atomic E-state index is 0.0254. The van der Waals surface area contributed by atoms with Crippen LogP contribution in [0.15, 0.2) is 53.4 Å². The van der Waals surface area contributed by atoms with Crippen LogP contribution in [0.5, 0.6) is 5.75 Å². The molecule has 1 heterocycles. The van der Waals surface area contributed by atoms with E-state index in [1.807, 2.05) is 17.0 Å². The van der Waals surface area contributed by atoms with E-state index >= 15 is 0 Å². The molecule has 0 unspecified atom stereocenters. The van der Waals surface area contributed by atoms with Crippen LogP contribution in [0.25, 0.3) is 0 Å². The third kappa shape index (κ3) is 4.52. The van der Waals surface area contributed by atoms with Gasteiger partial charge in [-0.1, -0.05) is 30.3 Å². The van der Waals surface area contributed by atoms with Gasteiger partial charge in [-0.3, -0.25) is 0 Å². The third-order valence-electron chi connectivity index (χ3n) is 4.96. The molecule has 2 aromatic rings. The van der Waals surface area contributed by atoms with E-state index in [-0.39, 0.29) is 6.03 Å². The number of hydrogen-bond donors (Lipinski definition) is 1. The van der Waals surface area contributed by atoms with Crippen LogP contribution in [-0.4, -0.2) is 37.4 Å². The standard InChI is InChI=1S/C21H26N2O2S/c1-25-20-6-4-3-5-19(20)17-11-13-23(14-12-17)21(24)22-15-16-7-9-18(26-2)10-8-16/h3-10,17H,11-15H2,1-2H3,(H,22,24). The number of rotatable bonds is 5. The third-order valence-corrected chi connectivity index (χ3v) is 5.71. The zero-order chi connectivity index (χ0) is 18.4. The largest absolute Gasteiger partial charge is 0.496 e. The summed E-state index contributed by atoms with van der Waals surface area (Å²) in [6, 6.07) is 16.5. The molecule has 1 aliphatic heterocycles. The number of urea groups is 1. The van der Waals surface area contributed by atoms with Crippen molar-refractivity contribution in [2.45, 2.75) is 30.2 Å². The summed E-state index contributed by atoms with van der Waals surface area (Å²) in [5, 5.41) is 3.04. The number of methoxy groups -OCH3 is 1. The highest BCUT2D eigenvalue weighted by Crippen LogP contribution is 2.33. The number of carbonyl (C=O) groups is 1. The fourth-order valence-corrected chi connectivity index (χ4v) is 3.84. The molecular weight excluding hydrogens is 344 g/mol. The van der Waals surface area contributed by atoms with Crippen molar-refractivity contribution >= 4 is 17.8 Å². The highest BCUT2D eigenvalue weighted by molar-refractivity contribution is 7.98. The van der Waals surface area contributed by atoms with Crippen molar-refractivity contribution in [2.75, 3.05) is 26.5 Å². The van der Waals surface area contributed by atoms with Crippen LogP contribution in [0.2, 0.25) is 0 Å². The second-order valence-electron chi connectivity index (χ2n) is 6.51. The molecule has 2 aromatic carbocycles. The van der Waals surface area contributed by atoms with Crippen LogP contribution in [0.1, 0.15) is 29.9 Å². The highest BCUT2D eigenvalue weighted by atomic mass is 32.2. The van der Waals surface area contributed by atoms with Crippen LogP contribution < -0.4 is 10.1 Å². The van der Waals surface area contributed by atoms with E-state index in [9.17, 15) is 4.79 Å². The molecule has 0 radical (unpaired) electrons. The molecule has 1 N–H and O–H groups in total. The summed E-state index contributed by atoms with van der Waals surface area (Å²) in [6.07, 6.45) is 4.00. The first-order valence-electron chi connectivity index (χ1n) is 9.00. The Kier molecular flexibility index (Phi) is 6.45. The average molecular weight is 371 g/mol. The number of likely N-dealkylation sites (tertiary alicyclic amines) is 1. The molecule has 0 aliphatic carbocycles. The Bertz CT molecular complexity index is 725. The number of piperidine rings is 1. The molecule has 2 amide bonds. The van der Waals surface area contributed by atoms with Gasteiger partial charge in [-0.2, -0.15) is 0 Å². The van der Waals surface area contributed by atoms with E-state index in [4.69, 9.17) is 4.74 Å². The fourth-order valence-electron chi connectivity index (χ4n) is 3.43. The first-order chi connectivity index (χ1) is 12.7. The number of carbonyl (C=O) groups excluding carboxylic acids is 1. The van der Waals surface area contributed by atoms with Crippen molar-refractivity contribution in [3.63, 3.8) is 0 Å². The first-order valence-corrected chi connectivity index (χ1v) is 10.2. The van der Waals surface area contributed by atoms with Crippen LogP contribution in [0.3, 0.4) is 0 Å². The molecule has 0 atom stereocenters. The van der Waals surface area contributed by atoms with E-state index in [1.54, 1.807) is 18.9 Å². The molecule has 1 aliphatic rings. The smallest absolute Gasteiger partial charge is 0.317 e. The van der Waals surface area contributed by atoms with Crippen LogP contribution in [0, 0.1) is 0 Å². The summed E-state index contributed by atoms with van der Waals surface area (Å²) in [6.45, 7) is 2.12. The highest BCUT2D eigenvalue weighted by Gasteiger charge is 2.25. The van der Waals surface area contributed by atoms with Crippen molar-refractivity contribution in [1.29, 1.82) is 0 Å². The minimum Gasteiger partial charge on any atom is -0.496 e.